The molecule has 0 aliphatic rings. The Hall–Kier alpha value is -3.27. The van der Waals surface area contributed by atoms with Crippen molar-refractivity contribution in [1.29, 1.82) is 5.26 Å². The summed E-state index contributed by atoms with van der Waals surface area (Å²) in [5.41, 5.74) is 1.86. The second kappa shape index (κ2) is 9.43. The first-order chi connectivity index (χ1) is 13.0. The normalized spacial score (nSPS) is 10.1. The van der Waals surface area contributed by atoms with Crippen molar-refractivity contribution in [3.8, 4) is 17.6 Å². The topological polar surface area (TPSA) is 104 Å². The highest BCUT2D eigenvalue weighted by atomic mass is 16.5. The third-order valence-electron chi connectivity index (χ3n) is 4.27. The zero-order chi connectivity index (χ0) is 19.8. The monoisotopic (exact) mass is 369 g/mol. The number of aromatic nitrogens is 1. The lowest BCUT2D eigenvalue weighted by Gasteiger charge is -2.11. The number of aromatic amines is 1. The second-order valence-electron chi connectivity index (χ2n) is 6.04. The Kier molecular flexibility index (Phi) is 7.00. The second-order valence-corrected chi connectivity index (χ2v) is 6.04. The SMILES string of the molecule is COc1ccc(OCCNC(=O)CCc2c(C)[nH]c(=O)c(C#N)c2C)cc1. The molecule has 0 spiro atoms. The van der Waals surface area contributed by atoms with Crippen molar-refractivity contribution in [2.75, 3.05) is 20.3 Å². The van der Waals surface area contributed by atoms with Crippen LogP contribution < -0.4 is 20.3 Å². The Balaban J connectivity index is 1.80. The number of nitrogens with zero attached hydrogens (tertiary/aromatic N) is 1. The standard InChI is InChI=1S/C20H23N3O4/c1-13-17(14(2)23-20(25)18(13)12-21)8-9-19(24)22-10-11-27-16-6-4-15(26-3)5-7-16/h4-7H,8-11H2,1-3H3,(H,22,24)(H,23,25). The number of ether oxygens (including phenoxy) is 2. The summed E-state index contributed by atoms with van der Waals surface area (Å²) in [5, 5.41) is 11.9. The van der Waals surface area contributed by atoms with Crippen LogP contribution in [0.4, 0.5) is 0 Å². The van der Waals surface area contributed by atoms with E-state index in [-0.39, 0.29) is 17.9 Å². The van der Waals surface area contributed by atoms with Crippen molar-refractivity contribution < 1.29 is 14.3 Å². The zero-order valence-corrected chi connectivity index (χ0v) is 15.7. The quantitative estimate of drug-likeness (QED) is 0.693. The lowest BCUT2D eigenvalue weighted by atomic mass is 9.99. The summed E-state index contributed by atoms with van der Waals surface area (Å²) in [6, 6.07) is 9.12. The Morgan fingerprint density at radius 3 is 2.52 bits per heavy atom. The number of hydrogen-bond acceptors (Lipinski definition) is 5. The molecule has 1 amide bonds. The number of H-pyrrole nitrogens is 1. The van der Waals surface area contributed by atoms with E-state index in [1.54, 1.807) is 45.2 Å². The molecule has 2 rings (SSSR count). The van der Waals surface area contributed by atoms with Gasteiger partial charge in [-0.1, -0.05) is 0 Å². The summed E-state index contributed by atoms with van der Waals surface area (Å²) in [4.78, 5) is 26.4. The fourth-order valence-electron chi connectivity index (χ4n) is 2.78. The van der Waals surface area contributed by atoms with Crippen LogP contribution >= 0.6 is 0 Å². The van der Waals surface area contributed by atoms with Crippen LogP contribution in [0, 0.1) is 25.2 Å². The van der Waals surface area contributed by atoms with Gasteiger partial charge in [0.05, 0.1) is 13.7 Å². The number of aryl methyl sites for hydroxylation is 1. The molecule has 0 fully saturated rings. The highest BCUT2D eigenvalue weighted by molar-refractivity contribution is 5.76. The van der Waals surface area contributed by atoms with Crippen LogP contribution in [-0.4, -0.2) is 31.2 Å². The van der Waals surface area contributed by atoms with Crippen LogP contribution in [0.5, 0.6) is 11.5 Å². The predicted molar refractivity (Wildman–Crippen MR) is 101 cm³/mol. The number of nitrogens with one attached hydrogen (secondary N) is 2. The van der Waals surface area contributed by atoms with Gasteiger partial charge < -0.3 is 19.8 Å². The van der Waals surface area contributed by atoms with Gasteiger partial charge in [0.15, 0.2) is 0 Å². The number of pyridine rings is 1. The van der Waals surface area contributed by atoms with E-state index in [0.29, 0.717) is 36.6 Å². The van der Waals surface area contributed by atoms with Crippen LogP contribution in [0.1, 0.15) is 28.8 Å². The number of rotatable bonds is 8. The maximum absolute atomic E-state index is 12.0. The summed E-state index contributed by atoms with van der Waals surface area (Å²) >= 11 is 0. The number of benzene rings is 1. The first-order valence-electron chi connectivity index (χ1n) is 8.62. The molecule has 2 aromatic rings. The van der Waals surface area contributed by atoms with E-state index in [4.69, 9.17) is 14.7 Å². The summed E-state index contributed by atoms with van der Waals surface area (Å²) in [7, 11) is 1.60. The first kappa shape index (κ1) is 20.0. The Bertz CT molecular complexity index is 895. The van der Waals surface area contributed by atoms with Gasteiger partial charge in [0.2, 0.25) is 5.91 Å². The average Bonchev–Trinajstić information content (AvgIpc) is 2.65. The van der Waals surface area contributed by atoms with Gasteiger partial charge in [-0.3, -0.25) is 9.59 Å². The van der Waals surface area contributed by atoms with Crippen molar-refractivity contribution in [3.05, 3.63) is 57.0 Å². The van der Waals surface area contributed by atoms with Crippen LogP contribution in [0.25, 0.3) is 0 Å². The maximum atomic E-state index is 12.0. The number of carbonyl (C=O) groups is 1. The Morgan fingerprint density at radius 2 is 1.89 bits per heavy atom. The minimum atomic E-state index is -0.392. The minimum Gasteiger partial charge on any atom is -0.497 e. The molecule has 2 N–H and O–H groups in total. The molecule has 7 nitrogen and oxygen atoms in total. The minimum absolute atomic E-state index is 0.101. The smallest absolute Gasteiger partial charge is 0.266 e. The van der Waals surface area contributed by atoms with Crippen LogP contribution in [0.15, 0.2) is 29.1 Å². The van der Waals surface area contributed by atoms with Crippen LogP contribution in [-0.2, 0) is 11.2 Å². The molecule has 1 aromatic heterocycles. The van der Waals surface area contributed by atoms with Crippen molar-refractivity contribution >= 4 is 5.91 Å². The van der Waals surface area contributed by atoms with E-state index in [1.165, 1.54) is 0 Å². The van der Waals surface area contributed by atoms with Crippen LogP contribution in [0.3, 0.4) is 0 Å². The number of hydrogen-bond donors (Lipinski definition) is 2. The number of amides is 1. The molecular formula is C20H23N3O4. The molecule has 0 radical (unpaired) electrons. The summed E-state index contributed by atoms with van der Waals surface area (Å²) in [6.07, 6.45) is 0.718. The molecule has 27 heavy (non-hydrogen) atoms. The highest BCUT2D eigenvalue weighted by Crippen LogP contribution is 2.17. The first-order valence-corrected chi connectivity index (χ1v) is 8.62. The largest absolute Gasteiger partial charge is 0.497 e. The summed E-state index contributed by atoms with van der Waals surface area (Å²) in [5.74, 6) is 1.34. The molecule has 0 saturated carbocycles. The van der Waals surface area contributed by atoms with Crippen LogP contribution in [0.2, 0.25) is 0 Å². The van der Waals surface area contributed by atoms with E-state index in [9.17, 15) is 9.59 Å². The number of nitriles is 1. The van der Waals surface area contributed by atoms with Gasteiger partial charge in [0.25, 0.3) is 5.56 Å². The summed E-state index contributed by atoms with van der Waals surface area (Å²) in [6.45, 7) is 4.24. The van der Waals surface area contributed by atoms with Gasteiger partial charge in [-0.25, -0.2) is 0 Å². The van der Waals surface area contributed by atoms with E-state index >= 15 is 0 Å². The molecule has 142 valence electrons. The average molecular weight is 369 g/mol. The highest BCUT2D eigenvalue weighted by Gasteiger charge is 2.13. The van der Waals surface area contributed by atoms with Gasteiger partial charge in [0, 0.05) is 12.1 Å². The molecule has 0 saturated heterocycles. The van der Waals surface area contributed by atoms with E-state index < -0.39 is 5.56 Å². The number of methoxy groups -OCH3 is 1. The molecule has 0 aliphatic heterocycles. The molecule has 7 heteroatoms. The maximum Gasteiger partial charge on any atom is 0.266 e. The Morgan fingerprint density at radius 1 is 1.22 bits per heavy atom. The van der Waals surface area contributed by atoms with E-state index in [1.807, 2.05) is 6.07 Å². The molecule has 1 heterocycles. The Labute approximate surface area is 157 Å². The fourth-order valence-corrected chi connectivity index (χ4v) is 2.78. The van der Waals surface area contributed by atoms with Gasteiger partial charge in [0.1, 0.15) is 29.7 Å². The van der Waals surface area contributed by atoms with Crippen molar-refractivity contribution in [2.45, 2.75) is 26.7 Å². The molecule has 0 unspecified atom stereocenters. The van der Waals surface area contributed by atoms with Gasteiger partial charge in [-0.2, -0.15) is 5.26 Å². The van der Waals surface area contributed by atoms with Gasteiger partial charge in [-0.05, 0) is 55.7 Å². The fraction of sp³-hybridized carbons (Fsp3) is 0.350. The molecular weight excluding hydrogens is 346 g/mol. The molecule has 0 bridgehead atoms. The third kappa shape index (κ3) is 5.35. The van der Waals surface area contributed by atoms with E-state index in [0.717, 1.165) is 11.3 Å². The molecule has 0 atom stereocenters. The van der Waals surface area contributed by atoms with Gasteiger partial charge in [-0.15, -0.1) is 0 Å². The summed E-state index contributed by atoms with van der Waals surface area (Å²) < 4.78 is 10.6. The lowest BCUT2D eigenvalue weighted by Crippen LogP contribution is -2.28. The third-order valence-corrected chi connectivity index (χ3v) is 4.27. The predicted octanol–water partition coefficient (Wildman–Crippen LogP) is 2.00. The van der Waals surface area contributed by atoms with Crippen molar-refractivity contribution in [1.82, 2.24) is 10.3 Å². The molecule has 1 aromatic carbocycles. The number of carbonyl (C=O) groups excluding carboxylic acids is 1. The lowest BCUT2D eigenvalue weighted by molar-refractivity contribution is -0.121. The van der Waals surface area contributed by atoms with Crippen molar-refractivity contribution in [3.63, 3.8) is 0 Å². The zero-order valence-electron chi connectivity index (χ0n) is 15.7. The van der Waals surface area contributed by atoms with Crippen molar-refractivity contribution in [2.24, 2.45) is 0 Å². The van der Waals surface area contributed by atoms with Gasteiger partial charge >= 0.3 is 0 Å². The van der Waals surface area contributed by atoms with E-state index in [2.05, 4.69) is 10.3 Å². The molecule has 0 aliphatic carbocycles.